The Bertz CT molecular complexity index is 4600. The average Bonchev–Trinajstić information content (AvgIpc) is 4.19. The Morgan fingerprint density at radius 1 is 0.314 bits per heavy atom. The third kappa shape index (κ3) is 5.72. The maximum atomic E-state index is 6.78. The first-order chi connectivity index (χ1) is 34.7. The lowest BCUT2D eigenvalue weighted by atomic mass is 10.0. The van der Waals surface area contributed by atoms with Crippen molar-refractivity contribution < 1.29 is 8.83 Å². The lowest BCUT2D eigenvalue weighted by molar-refractivity contribution is 0.669. The molecule has 0 aliphatic rings. The number of nitrogens with zero attached hydrogens (tertiary/aromatic N) is 5. The van der Waals surface area contributed by atoms with Crippen molar-refractivity contribution in [1.82, 2.24) is 24.1 Å². The molecule has 0 bridgehead atoms. The molecule has 70 heavy (non-hydrogen) atoms. The number of fused-ring (bicyclic) bond motifs is 12. The fourth-order valence-electron chi connectivity index (χ4n) is 10.9. The van der Waals surface area contributed by atoms with Crippen molar-refractivity contribution in [2.75, 3.05) is 0 Å². The summed E-state index contributed by atoms with van der Waals surface area (Å²) >= 11 is 0. The van der Waals surface area contributed by atoms with Gasteiger partial charge >= 0.3 is 0 Å². The van der Waals surface area contributed by atoms with Gasteiger partial charge in [-0.2, -0.15) is 0 Å². The van der Waals surface area contributed by atoms with E-state index in [-0.39, 0.29) is 0 Å². The predicted octanol–water partition coefficient (Wildman–Crippen LogP) is 16.5. The molecule has 0 spiro atoms. The first kappa shape index (κ1) is 38.5. The second-order valence-corrected chi connectivity index (χ2v) is 17.9. The quantitative estimate of drug-likeness (QED) is 0.166. The standard InChI is InChI=1S/C63H37N5O2/c1-3-16-38(17-4-1)39-32-34-57-50(36-39)45-24-13-26-48(60(45)70-57)63-65-61(40-33-35-56-49(37-40)43-21-9-12-31-55(43)69-56)64-62(66-63)47-25-15-29-53-58(47)46-22-8-11-28-52(46)68(53)54-30-14-23-44-42-20-7-10-27-51(42)67(59(44)54)41-18-5-2-6-19-41/h1-37H. The van der Waals surface area contributed by atoms with E-state index in [9.17, 15) is 0 Å². The van der Waals surface area contributed by atoms with Crippen molar-refractivity contribution in [2.45, 2.75) is 0 Å². The highest BCUT2D eigenvalue weighted by molar-refractivity contribution is 6.18. The van der Waals surface area contributed by atoms with Crippen molar-refractivity contribution in [3.63, 3.8) is 0 Å². The molecule has 0 N–H and O–H groups in total. The van der Waals surface area contributed by atoms with E-state index >= 15 is 0 Å². The summed E-state index contributed by atoms with van der Waals surface area (Å²) in [6, 6.07) is 78.5. The van der Waals surface area contributed by atoms with E-state index in [0.29, 0.717) is 17.5 Å². The van der Waals surface area contributed by atoms with E-state index in [1.54, 1.807) is 0 Å². The van der Waals surface area contributed by atoms with Crippen molar-refractivity contribution in [2.24, 2.45) is 0 Å². The van der Waals surface area contributed by atoms with Gasteiger partial charge in [0.25, 0.3) is 0 Å². The Kier molecular flexibility index (Phi) is 8.23. The molecule has 5 heterocycles. The molecule has 0 unspecified atom stereocenters. The molecule has 0 saturated heterocycles. The smallest absolute Gasteiger partial charge is 0.167 e. The molecule has 10 aromatic carbocycles. The largest absolute Gasteiger partial charge is 0.456 e. The number of furan rings is 2. The molecular formula is C63H37N5O2. The van der Waals surface area contributed by atoms with Crippen LogP contribution in [-0.2, 0) is 0 Å². The molecule has 7 heteroatoms. The summed E-state index contributed by atoms with van der Waals surface area (Å²) in [6.07, 6.45) is 0. The van der Waals surface area contributed by atoms with E-state index in [1.165, 1.54) is 10.8 Å². The number of aromatic nitrogens is 5. The summed E-state index contributed by atoms with van der Waals surface area (Å²) in [5.41, 5.74) is 14.5. The second-order valence-electron chi connectivity index (χ2n) is 17.9. The Morgan fingerprint density at radius 3 is 1.71 bits per heavy atom. The lowest BCUT2D eigenvalue weighted by Crippen LogP contribution is -2.01. The van der Waals surface area contributed by atoms with E-state index in [4.69, 9.17) is 23.8 Å². The molecule has 0 aliphatic carbocycles. The third-order valence-corrected chi connectivity index (χ3v) is 14.0. The van der Waals surface area contributed by atoms with Crippen LogP contribution in [0, 0.1) is 0 Å². The van der Waals surface area contributed by atoms with Gasteiger partial charge in [-0.25, -0.2) is 15.0 Å². The predicted molar refractivity (Wildman–Crippen MR) is 285 cm³/mol. The molecular weight excluding hydrogens is 859 g/mol. The van der Waals surface area contributed by atoms with Crippen LogP contribution in [0.25, 0.3) is 144 Å². The minimum Gasteiger partial charge on any atom is -0.456 e. The normalized spacial score (nSPS) is 12.0. The summed E-state index contributed by atoms with van der Waals surface area (Å²) in [5, 5.41) is 8.59. The molecule has 7 nitrogen and oxygen atoms in total. The molecule has 0 atom stereocenters. The zero-order valence-corrected chi connectivity index (χ0v) is 37.4. The van der Waals surface area contributed by atoms with Gasteiger partial charge in [0.1, 0.15) is 22.3 Å². The topological polar surface area (TPSA) is 74.8 Å². The van der Waals surface area contributed by atoms with Gasteiger partial charge in [-0.3, -0.25) is 0 Å². The number of para-hydroxylation sites is 6. The Morgan fingerprint density at radius 2 is 0.871 bits per heavy atom. The SMILES string of the molecule is c1ccc(-c2ccc3oc4c(-c5nc(-c6ccc7oc8ccccc8c7c6)nc(-c6cccc7c6c6ccccc6n7-c6cccc7c8ccccc8n(-c8ccccc8)c67)n5)cccc4c3c2)cc1. The van der Waals surface area contributed by atoms with Crippen LogP contribution in [0.5, 0.6) is 0 Å². The van der Waals surface area contributed by atoms with Gasteiger partial charge in [0.05, 0.1) is 33.3 Å². The first-order valence-corrected chi connectivity index (χ1v) is 23.5. The van der Waals surface area contributed by atoms with Gasteiger partial charge in [0.2, 0.25) is 0 Å². The summed E-state index contributed by atoms with van der Waals surface area (Å²) in [7, 11) is 0. The first-order valence-electron chi connectivity index (χ1n) is 23.5. The number of benzene rings is 10. The molecule has 0 fully saturated rings. The van der Waals surface area contributed by atoms with Crippen LogP contribution in [0.2, 0.25) is 0 Å². The van der Waals surface area contributed by atoms with Crippen LogP contribution >= 0.6 is 0 Å². The minimum atomic E-state index is 0.517. The highest BCUT2D eigenvalue weighted by Gasteiger charge is 2.24. The van der Waals surface area contributed by atoms with Gasteiger partial charge in [-0.05, 0) is 90.0 Å². The summed E-state index contributed by atoms with van der Waals surface area (Å²) < 4.78 is 17.9. The van der Waals surface area contributed by atoms with Crippen LogP contribution in [0.3, 0.4) is 0 Å². The van der Waals surface area contributed by atoms with Crippen LogP contribution in [0.15, 0.2) is 233 Å². The highest BCUT2D eigenvalue weighted by atomic mass is 16.3. The van der Waals surface area contributed by atoms with Crippen LogP contribution in [-0.4, -0.2) is 24.1 Å². The molecule has 15 rings (SSSR count). The number of hydrogen-bond donors (Lipinski definition) is 0. The molecule has 0 aliphatic heterocycles. The van der Waals surface area contributed by atoms with Gasteiger partial charge in [0, 0.05) is 59.9 Å². The van der Waals surface area contributed by atoms with E-state index in [1.807, 2.05) is 36.4 Å². The molecule has 5 aromatic heterocycles. The zero-order valence-electron chi connectivity index (χ0n) is 37.4. The zero-order chi connectivity index (χ0) is 45.9. The summed E-state index contributed by atoms with van der Waals surface area (Å²) in [6.45, 7) is 0. The maximum Gasteiger partial charge on any atom is 0.167 e. The van der Waals surface area contributed by atoms with Crippen molar-refractivity contribution in [1.29, 1.82) is 0 Å². The fraction of sp³-hybridized carbons (Fsp3) is 0. The van der Waals surface area contributed by atoms with Gasteiger partial charge in [0.15, 0.2) is 17.5 Å². The second kappa shape index (κ2) is 15.0. The third-order valence-electron chi connectivity index (χ3n) is 14.0. The molecule has 0 radical (unpaired) electrons. The summed E-state index contributed by atoms with van der Waals surface area (Å²) in [5.74, 6) is 1.62. The maximum absolute atomic E-state index is 6.78. The Hall–Kier alpha value is -9.59. The van der Waals surface area contributed by atoms with Gasteiger partial charge in [-0.15, -0.1) is 0 Å². The van der Waals surface area contributed by atoms with Crippen molar-refractivity contribution in [3.05, 3.63) is 224 Å². The van der Waals surface area contributed by atoms with Crippen LogP contribution in [0.1, 0.15) is 0 Å². The van der Waals surface area contributed by atoms with Crippen LogP contribution in [0.4, 0.5) is 0 Å². The van der Waals surface area contributed by atoms with E-state index in [0.717, 1.165) is 116 Å². The lowest BCUT2D eigenvalue weighted by Gasteiger charge is -2.14. The monoisotopic (exact) mass is 895 g/mol. The highest BCUT2D eigenvalue weighted by Crippen LogP contribution is 2.44. The Balaban J connectivity index is 0.995. The van der Waals surface area contributed by atoms with Crippen molar-refractivity contribution in [3.8, 4) is 56.7 Å². The molecule has 0 amide bonds. The average molecular weight is 896 g/mol. The van der Waals surface area contributed by atoms with Gasteiger partial charge < -0.3 is 18.0 Å². The molecule has 15 aromatic rings. The molecule has 0 saturated carbocycles. The van der Waals surface area contributed by atoms with Gasteiger partial charge in [-0.1, -0.05) is 146 Å². The Labute approximate surface area is 399 Å². The fourth-order valence-corrected chi connectivity index (χ4v) is 10.9. The van der Waals surface area contributed by atoms with Crippen LogP contribution < -0.4 is 0 Å². The minimum absolute atomic E-state index is 0.517. The summed E-state index contributed by atoms with van der Waals surface area (Å²) in [4.78, 5) is 16.2. The number of hydrogen-bond acceptors (Lipinski definition) is 5. The van der Waals surface area contributed by atoms with Crippen molar-refractivity contribution >= 4 is 87.5 Å². The number of rotatable bonds is 6. The van der Waals surface area contributed by atoms with E-state index in [2.05, 4.69) is 197 Å². The molecule has 326 valence electrons. The van der Waals surface area contributed by atoms with E-state index < -0.39 is 0 Å².